The van der Waals surface area contributed by atoms with E-state index in [0.717, 1.165) is 62.0 Å². The summed E-state index contributed by atoms with van der Waals surface area (Å²) in [5, 5.41) is 31.4. The summed E-state index contributed by atoms with van der Waals surface area (Å²) in [5.74, 6) is -1.40. The summed E-state index contributed by atoms with van der Waals surface area (Å²) in [5.41, 5.74) is 4.03. The van der Waals surface area contributed by atoms with Crippen LogP contribution in [0.3, 0.4) is 0 Å². The fraction of sp³-hybridized carbons (Fsp3) is 0.449. The van der Waals surface area contributed by atoms with Crippen molar-refractivity contribution in [2.24, 2.45) is 7.05 Å². The third kappa shape index (κ3) is 10.8. The van der Waals surface area contributed by atoms with Gasteiger partial charge in [0.05, 0.1) is 47.9 Å². The molecule has 5 unspecified atom stereocenters. The summed E-state index contributed by atoms with van der Waals surface area (Å²) in [4.78, 5) is 42.1. The Bertz CT molecular complexity index is 2790. The molecule has 4 N–H and O–H groups in total. The minimum absolute atomic E-state index is 0.0352. The van der Waals surface area contributed by atoms with Gasteiger partial charge < -0.3 is 25.0 Å². The number of hydrogen-bond acceptors (Lipinski definition) is 9. The lowest BCUT2D eigenvalue weighted by molar-refractivity contribution is 0.0175. The molecular weight excluding hydrogens is 889 g/mol. The van der Waals surface area contributed by atoms with Crippen molar-refractivity contribution in [3.63, 3.8) is 0 Å². The summed E-state index contributed by atoms with van der Waals surface area (Å²) in [6.07, 6.45) is 11.0. The molecule has 3 aliphatic rings. The Labute approximate surface area is 398 Å². The number of urea groups is 2. The minimum Gasteiger partial charge on any atom is -0.444 e. The van der Waals surface area contributed by atoms with Crippen molar-refractivity contribution in [2.75, 3.05) is 30.3 Å². The number of aromatic nitrogens is 8. The molecule has 2 aromatic carbocycles. The predicted molar refractivity (Wildman–Crippen MR) is 253 cm³/mol. The first-order valence-corrected chi connectivity index (χ1v) is 23.6. The maximum Gasteiger partial charge on any atom is 0.410 e. The number of nitrogens with zero attached hydrogens (tertiary/aromatic N) is 9. The van der Waals surface area contributed by atoms with Crippen molar-refractivity contribution in [3.05, 3.63) is 113 Å². The van der Waals surface area contributed by atoms with Crippen LogP contribution in [0, 0.1) is 18.6 Å². The van der Waals surface area contributed by atoms with Crippen LogP contribution in [0.25, 0.3) is 16.9 Å². The number of piperidine rings is 1. The highest BCUT2D eigenvalue weighted by atomic mass is 19.2. The van der Waals surface area contributed by atoms with Crippen LogP contribution >= 0.6 is 0 Å². The molecule has 2 saturated heterocycles. The Balaban J connectivity index is 0.893. The van der Waals surface area contributed by atoms with E-state index >= 15 is 0 Å². The van der Waals surface area contributed by atoms with Gasteiger partial charge in [-0.25, -0.2) is 27.8 Å². The molecule has 364 valence electrons. The average molecular weight is 948 g/mol. The number of hydrogen-bond donors (Lipinski definition) is 4. The number of aryl methyl sites for hydroxylation is 1. The van der Waals surface area contributed by atoms with Gasteiger partial charge in [0, 0.05) is 62.2 Å². The van der Waals surface area contributed by atoms with Crippen LogP contribution in [0.15, 0.2) is 79.3 Å². The fourth-order valence-corrected chi connectivity index (χ4v) is 9.59. The molecule has 2 aliphatic heterocycles. The standard InChI is InChI=1S/C49H59F2N13O5/c1-30-44(32-26-52-62(27-32)28-33-19-22-63(57-33)41-15-10-9-14-38(41)53-46(65)55-43-25-39(58-60(43)5)42-16-11-23-68-42)59-64(34-12-7-6-8-13-34)45(30)56-47(66)54-40-29-61(48(67)69-49(2,3)4)21-20-35(40)31-17-18-36(50)37(51)24-31/h6-8,12-13,17-19,22,24-27,35,38,40-42H,9-11,14-16,20-21,23,28-29H2,1-5H3,(H2,53,55,65)(H2,54,56,66). The highest BCUT2D eigenvalue weighted by Crippen LogP contribution is 2.34. The van der Waals surface area contributed by atoms with E-state index < -0.39 is 41.3 Å². The van der Waals surface area contributed by atoms with Gasteiger partial charge >= 0.3 is 18.2 Å². The second kappa shape index (κ2) is 19.9. The van der Waals surface area contributed by atoms with Crippen LogP contribution in [-0.2, 0) is 23.1 Å². The number of rotatable bonds is 11. The molecule has 0 spiro atoms. The molecule has 69 heavy (non-hydrogen) atoms. The first kappa shape index (κ1) is 47.0. The number of anilines is 2. The van der Waals surface area contributed by atoms with E-state index in [1.807, 2.05) is 73.5 Å². The molecule has 20 heteroatoms. The Morgan fingerprint density at radius 2 is 1.65 bits per heavy atom. The molecule has 4 aromatic heterocycles. The van der Waals surface area contributed by atoms with E-state index in [0.29, 0.717) is 65.8 Å². The van der Waals surface area contributed by atoms with Crippen molar-refractivity contribution >= 4 is 29.8 Å². The molecule has 6 aromatic rings. The fourth-order valence-electron chi connectivity index (χ4n) is 9.59. The number of carbonyl (C=O) groups excluding carboxylic acids is 3. The topological polar surface area (TPSA) is 192 Å². The van der Waals surface area contributed by atoms with E-state index in [1.165, 1.54) is 11.0 Å². The van der Waals surface area contributed by atoms with Gasteiger partial charge in [-0.15, -0.1) is 0 Å². The maximum absolute atomic E-state index is 14.5. The maximum atomic E-state index is 14.5. The lowest BCUT2D eigenvalue weighted by Gasteiger charge is -2.39. The van der Waals surface area contributed by atoms with Crippen LogP contribution in [0.2, 0.25) is 0 Å². The van der Waals surface area contributed by atoms with Gasteiger partial charge in [-0.2, -0.15) is 20.4 Å². The number of nitrogens with one attached hydrogen (secondary N) is 4. The summed E-state index contributed by atoms with van der Waals surface area (Å²) in [6, 6.07) is 15.2. The molecule has 1 aliphatic carbocycles. The predicted octanol–water partition coefficient (Wildman–Crippen LogP) is 8.37. The Kier molecular flexibility index (Phi) is 13.5. The van der Waals surface area contributed by atoms with Crippen LogP contribution in [0.5, 0.6) is 0 Å². The third-order valence-corrected chi connectivity index (χ3v) is 13.0. The van der Waals surface area contributed by atoms with E-state index in [2.05, 4.69) is 31.5 Å². The van der Waals surface area contributed by atoms with Gasteiger partial charge in [-0.1, -0.05) is 37.1 Å². The number of halogens is 2. The smallest absolute Gasteiger partial charge is 0.410 e. The molecule has 5 amide bonds. The van der Waals surface area contributed by atoms with E-state index in [-0.39, 0.29) is 30.8 Å². The van der Waals surface area contributed by atoms with Crippen LogP contribution in [-0.4, -0.2) is 99.6 Å². The number of ether oxygens (including phenoxy) is 2. The van der Waals surface area contributed by atoms with E-state index in [9.17, 15) is 23.2 Å². The summed E-state index contributed by atoms with van der Waals surface area (Å²) in [7, 11) is 1.81. The van der Waals surface area contributed by atoms with Gasteiger partial charge in [-0.05, 0) is 95.7 Å². The van der Waals surface area contributed by atoms with Crippen molar-refractivity contribution in [1.82, 2.24) is 54.7 Å². The number of para-hydroxylation sites is 1. The molecular formula is C49H59F2N13O5. The molecule has 9 rings (SSSR count). The van der Waals surface area contributed by atoms with Gasteiger partial charge in [0.2, 0.25) is 0 Å². The monoisotopic (exact) mass is 947 g/mol. The SMILES string of the molecule is Cc1c(-c2cnn(Cc3ccn(C4CCCCC4NC(=O)Nc4cc(C5CCCO5)nn4C)n3)c2)nn(-c2ccccc2)c1NC(=O)NC1CN(C(=O)OC(C)(C)C)CCC1c1ccc(F)c(F)c1. The second-order valence-electron chi connectivity index (χ2n) is 19.1. The number of amides is 5. The first-order valence-electron chi connectivity index (χ1n) is 23.6. The van der Waals surface area contributed by atoms with Gasteiger partial charge in [0.1, 0.15) is 29.0 Å². The van der Waals surface area contributed by atoms with Crippen LogP contribution < -0.4 is 21.3 Å². The summed E-state index contributed by atoms with van der Waals surface area (Å²) >= 11 is 0. The quantitative estimate of drug-likeness (QED) is 0.0988. The van der Waals surface area contributed by atoms with Crippen molar-refractivity contribution in [2.45, 2.75) is 115 Å². The second-order valence-corrected chi connectivity index (χ2v) is 19.1. The molecule has 0 bridgehead atoms. The highest BCUT2D eigenvalue weighted by molar-refractivity contribution is 5.91. The molecule has 1 saturated carbocycles. The Morgan fingerprint density at radius 1 is 0.870 bits per heavy atom. The zero-order chi connectivity index (χ0) is 48.4. The number of likely N-dealkylation sites (tertiary alicyclic amines) is 1. The van der Waals surface area contributed by atoms with E-state index in [4.69, 9.17) is 19.7 Å². The van der Waals surface area contributed by atoms with Gasteiger partial charge in [0.25, 0.3) is 0 Å². The molecule has 5 atom stereocenters. The zero-order valence-electron chi connectivity index (χ0n) is 39.5. The highest BCUT2D eigenvalue weighted by Gasteiger charge is 2.36. The average Bonchev–Trinajstić information content (AvgIpc) is 4.19. The summed E-state index contributed by atoms with van der Waals surface area (Å²) in [6.45, 7) is 8.65. The van der Waals surface area contributed by atoms with Crippen molar-refractivity contribution < 1.29 is 32.6 Å². The third-order valence-electron chi connectivity index (χ3n) is 13.0. The van der Waals surface area contributed by atoms with Crippen LogP contribution in [0.1, 0.15) is 106 Å². The number of benzene rings is 2. The largest absolute Gasteiger partial charge is 0.444 e. The molecule has 6 heterocycles. The minimum atomic E-state index is -0.992. The first-order chi connectivity index (χ1) is 33.2. The Morgan fingerprint density at radius 3 is 2.42 bits per heavy atom. The normalized spacial score (nSPS) is 20.7. The van der Waals surface area contributed by atoms with Crippen molar-refractivity contribution in [3.8, 4) is 16.9 Å². The van der Waals surface area contributed by atoms with Gasteiger partial charge in [0.15, 0.2) is 11.6 Å². The zero-order valence-corrected chi connectivity index (χ0v) is 39.5. The van der Waals surface area contributed by atoms with Gasteiger partial charge in [-0.3, -0.25) is 24.7 Å². The Hall–Kier alpha value is -7.09. The summed E-state index contributed by atoms with van der Waals surface area (Å²) < 4.78 is 47.0. The molecule has 0 radical (unpaired) electrons. The molecule has 18 nitrogen and oxygen atoms in total. The lowest BCUT2D eigenvalue weighted by atomic mass is 9.85. The number of carbonyl (C=O) groups is 3. The van der Waals surface area contributed by atoms with Crippen molar-refractivity contribution in [1.29, 1.82) is 0 Å². The lowest BCUT2D eigenvalue weighted by Crippen LogP contribution is -2.54. The van der Waals surface area contributed by atoms with Crippen LogP contribution in [0.4, 0.5) is 34.8 Å². The van der Waals surface area contributed by atoms with E-state index in [1.54, 1.807) is 41.0 Å². The molecule has 3 fully saturated rings.